The van der Waals surface area contributed by atoms with Gasteiger partial charge in [0, 0.05) is 51.2 Å². The smallest absolute Gasteiger partial charge is 0.0623 e. The van der Waals surface area contributed by atoms with Gasteiger partial charge in [0.2, 0.25) is 0 Å². The first-order chi connectivity index (χ1) is 9.35. The fraction of sp³-hybridized carbons (Fsp3) is 1.00. The number of likely N-dealkylation sites (N-methyl/N-ethyl adjacent to an activating group) is 1. The lowest BCUT2D eigenvalue weighted by Gasteiger charge is -2.36. The summed E-state index contributed by atoms with van der Waals surface area (Å²) in [4.78, 5) is 5.31. The summed E-state index contributed by atoms with van der Waals surface area (Å²) in [7, 11) is 0. The largest absolute Gasteiger partial charge is 0.379 e. The molecule has 4 heteroatoms. The zero-order chi connectivity index (χ0) is 13.1. The highest BCUT2D eigenvalue weighted by atomic mass is 16.5. The summed E-state index contributed by atoms with van der Waals surface area (Å²) >= 11 is 0. The second-order valence-electron chi connectivity index (χ2n) is 6.51. The Morgan fingerprint density at radius 3 is 2.32 bits per heavy atom. The van der Waals surface area contributed by atoms with Crippen LogP contribution in [-0.2, 0) is 4.74 Å². The fourth-order valence-electron chi connectivity index (χ4n) is 3.42. The van der Waals surface area contributed by atoms with Crippen molar-refractivity contribution in [3.63, 3.8) is 0 Å². The molecule has 0 radical (unpaired) electrons. The van der Waals surface area contributed by atoms with Crippen LogP contribution in [0.5, 0.6) is 0 Å². The monoisotopic (exact) mass is 267 g/mol. The maximum Gasteiger partial charge on any atom is 0.0623 e. The molecule has 2 unspecified atom stereocenters. The Kier molecular flexibility index (Phi) is 4.74. The minimum Gasteiger partial charge on any atom is -0.379 e. The minimum absolute atomic E-state index is 0.578. The van der Waals surface area contributed by atoms with Crippen LogP contribution < -0.4 is 5.32 Å². The average Bonchev–Trinajstić information content (AvgIpc) is 3.13. The van der Waals surface area contributed by atoms with E-state index in [0.717, 1.165) is 25.7 Å². The summed E-state index contributed by atoms with van der Waals surface area (Å²) in [6.45, 7) is 12.7. The third-order valence-corrected chi connectivity index (χ3v) is 4.84. The Morgan fingerprint density at radius 1 is 1.00 bits per heavy atom. The van der Waals surface area contributed by atoms with Crippen molar-refractivity contribution in [3.8, 4) is 0 Å². The maximum atomic E-state index is 5.65. The topological polar surface area (TPSA) is 27.7 Å². The van der Waals surface area contributed by atoms with Gasteiger partial charge >= 0.3 is 0 Å². The van der Waals surface area contributed by atoms with Crippen molar-refractivity contribution >= 4 is 0 Å². The summed E-state index contributed by atoms with van der Waals surface area (Å²) in [5.74, 6) is 1.72. The number of piperazine rings is 1. The SMILES string of the molecule is CCNC1COCC1CN1CCN(CC2CC2)CC1. The third-order valence-electron chi connectivity index (χ3n) is 4.84. The molecule has 110 valence electrons. The van der Waals surface area contributed by atoms with Crippen LogP contribution in [0.3, 0.4) is 0 Å². The number of hydrogen-bond donors (Lipinski definition) is 1. The Morgan fingerprint density at radius 2 is 1.68 bits per heavy atom. The molecular weight excluding hydrogens is 238 g/mol. The first-order valence-corrected chi connectivity index (χ1v) is 8.11. The molecule has 2 saturated heterocycles. The molecule has 2 atom stereocenters. The van der Waals surface area contributed by atoms with Crippen molar-refractivity contribution in [1.82, 2.24) is 15.1 Å². The van der Waals surface area contributed by atoms with Crippen LogP contribution >= 0.6 is 0 Å². The highest BCUT2D eigenvalue weighted by molar-refractivity contribution is 4.86. The fourth-order valence-corrected chi connectivity index (χ4v) is 3.42. The van der Waals surface area contributed by atoms with Crippen LogP contribution in [-0.4, -0.2) is 74.9 Å². The minimum atomic E-state index is 0.578. The third kappa shape index (κ3) is 3.91. The van der Waals surface area contributed by atoms with E-state index in [1.165, 1.54) is 52.1 Å². The van der Waals surface area contributed by atoms with Gasteiger partial charge in [0.15, 0.2) is 0 Å². The Bertz CT molecular complexity index is 275. The maximum absolute atomic E-state index is 5.65. The lowest BCUT2D eigenvalue weighted by molar-refractivity contribution is 0.106. The molecule has 3 rings (SSSR count). The molecule has 4 nitrogen and oxygen atoms in total. The molecule has 2 aliphatic heterocycles. The van der Waals surface area contributed by atoms with Gasteiger partial charge in [0.05, 0.1) is 13.2 Å². The van der Waals surface area contributed by atoms with Crippen LogP contribution in [0.1, 0.15) is 19.8 Å². The lowest BCUT2D eigenvalue weighted by atomic mass is 10.0. The standard InChI is InChI=1S/C15H29N3O/c1-2-16-15-12-19-11-14(15)10-18-7-5-17(6-8-18)9-13-3-4-13/h13-16H,2-12H2,1H3. The van der Waals surface area contributed by atoms with E-state index in [0.29, 0.717) is 12.0 Å². The van der Waals surface area contributed by atoms with Crippen LogP contribution in [0, 0.1) is 11.8 Å². The molecule has 1 aliphatic carbocycles. The van der Waals surface area contributed by atoms with Crippen molar-refractivity contribution in [2.75, 3.05) is 59.0 Å². The van der Waals surface area contributed by atoms with E-state index < -0.39 is 0 Å². The van der Waals surface area contributed by atoms with Crippen molar-refractivity contribution in [2.45, 2.75) is 25.8 Å². The van der Waals surface area contributed by atoms with Crippen molar-refractivity contribution < 1.29 is 4.74 Å². The van der Waals surface area contributed by atoms with Crippen LogP contribution in [0.15, 0.2) is 0 Å². The Balaban J connectivity index is 1.38. The van der Waals surface area contributed by atoms with Crippen molar-refractivity contribution in [3.05, 3.63) is 0 Å². The number of hydrogen-bond acceptors (Lipinski definition) is 4. The molecule has 0 aromatic rings. The lowest BCUT2D eigenvalue weighted by Crippen LogP contribution is -2.50. The molecule has 0 aromatic carbocycles. The van der Waals surface area contributed by atoms with Gasteiger partial charge in [0.25, 0.3) is 0 Å². The summed E-state index contributed by atoms with van der Waals surface area (Å²) in [6.07, 6.45) is 2.95. The molecule has 1 N–H and O–H groups in total. The number of ether oxygens (including phenoxy) is 1. The van der Waals surface area contributed by atoms with E-state index in [2.05, 4.69) is 22.0 Å². The number of nitrogens with one attached hydrogen (secondary N) is 1. The second kappa shape index (κ2) is 6.53. The zero-order valence-electron chi connectivity index (χ0n) is 12.3. The van der Waals surface area contributed by atoms with Gasteiger partial charge in [-0.3, -0.25) is 0 Å². The van der Waals surface area contributed by atoms with Gasteiger partial charge in [-0.2, -0.15) is 0 Å². The Labute approximate surface area is 117 Å². The summed E-state index contributed by atoms with van der Waals surface area (Å²) in [6, 6.07) is 0.578. The molecular formula is C15H29N3O. The zero-order valence-corrected chi connectivity index (χ0v) is 12.3. The molecule has 3 fully saturated rings. The normalized spacial score (nSPS) is 33.9. The van der Waals surface area contributed by atoms with Crippen LogP contribution in [0.4, 0.5) is 0 Å². The predicted octanol–water partition coefficient (Wildman–Crippen LogP) is 0.639. The van der Waals surface area contributed by atoms with E-state index >= 15 is 0 Å². The van der Waals surface area contributed by atoms with Gasteiger partial charge in [-0.15, -0.1) is 0 Å². The van der Waals surface area contributed by atoms with Gasteiger partial charge in [-0.25, -0.2) is 0 Å². The highest BCUT2D eigenvalue weighted by Gasteiger charge is 2.31. The quantitative estimate of drug-likeness (QED) is 0.764. The van der Waals surface area contributed by atoms with E-state index in [9.17, 15) is 0 Å². The molecule has 0 aromatic heterocycles. The first-order valence-electron chi connectivity index (χ1n) is 8.11. The first kappa shape index (κ1) is 13.8. The van der Waals surface area contributed by atoms with Gasteiger partial charge in [-0.05, 0) is 25.3 Å². The molecule has 0 amide bonds. The van der Waals surface area contributed by atoms with Gasteiger partial charge < -0.3 is 19.9 Å². The molecule has 1 saturated carbocycles. The van der Waals surface area contributed by atoms with Crippen molar-refractivity contribution in [1.29, 1.82) is 0 Å². The number of nitrogens with zero attached hydrogens (tertiary/aromatic N) is 2. The Hall–Kier alpha value is -0.160. The van der Waals surface area contributed by atoms with Gasteiger partial charge in [-0.1, -0.05) is 6.92 Å². The number of rotatable bonds is 6. The van der Waals surface area contributed by atoms with Crippen molar-refractivity contribution in [2.24, 2.45) is 11.8 Å². The van der Waals surface area contributed by atoms with Crippen LogP contribution in [0.2, 0.25) is 0 Å². The summed E-state index contributed by atoms with van der Waals surface area (Å²) in [5.41, 5.74) is 0. The second-order valence-corrected chi connectivity index (χ2v) is 6.51. The molecule has 0 spiro atoms. The molecule has 2 heterocycles. The predicted molar refractivity (Wildman–Crippen MR) is 77.4 cm³/mol. The molecule has 0 bridgehead atoms. The average molecular weight is 267 g/mol. The highest BCUT2D eigenvalue weighted by Crippen LogP contribution is 2.30. The van der Waals surface area contributed by atoms with E-state index in [4.69, 9.17) is 4.74 Å². The molecule has 19 heavy (non-hydrogen) atoms. The summed E-state index contributed by atoms with van der Waals surface area (Å²) in [5, 5.41) is 3.57. The summed E-state index contributed by atoms with van der Waals surface area (Å²) < 4.78 is 5.65. The molecule has 3 aliphatic rings. The van der Waals surface area contributed by atoms with E-state index in [1.807, 2.05) is 0 Å². The van der Waals surface area contributed by atoms with Crippen LogP contribution in [0.25, 0.3) is 0 Å². The van der Waals surface area contributed by atoms with E-state index in [-0.39, 0.29) is 0 Å². The van der Waals surface area contributed by atoms with E-state index in [1.54, 1.807) is 0 Å². The van der Waals surface area contributed by atoms with Gasteiger partial charge in [0.1, 0.15) is 0 Å².